The van der Waals surface area contributed by atoms with Gasteiger partial charge in [0, 0.05) is 27.4 Å². The van der Waals surface area contributed by atoms with Crippen molar-refractivity contribution in [3.8, 4) is 0 Å². The third-order valence-corrected chi connectivity index (χ3v) is 6.70. The highest BCUT2D eigenvalue weighted by Gasteiger charge is 2.23. The van der Waals surface area contributed by atoms with E-state index in [1.807, 2.05) is 0 Å². The Morgan fingerprint density at radius 2 is 1.85 bits per heavy atom. The zero-order chi connectivity index (χ0) is 19.4. The first-order valence-electron chi connectivity index (χ1n) is 7.71. The van der Waals surface area contributed by atoms with E-state index >= 15 is 0 Å². The van der Waals surface area contributed by atoms with E-state index in [1.54, 1.807) is 44.2 Å². The number of carbonyl (C=O) groups is 2. The van der Waals surface area contributed by atoms with Gasteiger partial charge in [0.25, 0.3) is 5.91 Å². The van der Waals surface area contributed by atoms with Crippen LogP contribution in [0.1, 0.15) is 29.1 Å². The predicted molar refractivity (Wildman–Crippen MR) is 102 cm³/mol. The molecule has 1 aromatic heterocycles. The number of nitrogens with one attached hydrogen (secondary N) is 2. The van der Waals surface area contributed by atoms with E-state index in [1.165, 1.54) is 6.07 Å². The average molecular weight is 415 g/mol. The summed E-state index contributed by atoms with van der Waals surface area (Å²) in [6, 6.07) is 9.59. The number of benzene rings is 1. The van der Waals surface area contributed by atoms with Gasteiger partial charge >= 0.3 is 0 Å². The molecule has 26 heavy (non-hydrogen) atoms. The maximum atomic E-state index is 12.3. The third kappa shape index (κ3) is 5.63. The molecule has 0 aliphatic carbocycles. The number of carbonyl (C=O) groups excluding carboxylic acids is 2. The summed E-state index contributed by atoms with van der Waals surface area (Å²) in [7, 11) is -3.70. The second-order valence-corrected chi connectivity index (χ2v) is 9.94. The molecule has 0 bridgehead atoms. The summed E-state index contributed by atoms with van der Waals surface area (Å²) in [6.45, 7) is 3.52. The molecule has 0 fully saturated rings. The number of hydrogen-bond donors (Lipinski definition) is 2. The molecule has 2 rings (SSSR count). The quantitative estimate of drug-likeness (QED) is 0.649. The van der Waals surface area contributed by atoms with Gasteiger partial charge < -0.3 is 10.1 Å². The lowest BCUT2D eigenvalue weighted by atomic mass is 9.97. The molecule has 1 amide bonds. The highest BCUT2D eigenvalue weighted by atomic mass is 35.5. The molecule has 1 heterocycles. The van der Waals surface area contributed by atoms with Crippen LogP contribution in [0, 0.1) is 5.41 Å². The zero-order valence-corrected chi connectivity index (χ0v) is 16.7. The van der Waals surface area contributed by atoms with Gasteiger partial charge in [-0.15, -0.1) is 11.3 Å². The van der Waals surface area contributed by atoms with Crippen molar-refractivity contribution in [2.75, 3.05) is 6.54 Å². The highest BCUT2D eigenvalue weighted by molar-refractivity contribution is 7.91. The lowest BCUT2D eigenvalue weighted by molar-refractivity contribution is -0.114. The van der Waals surface area contributed by atoms with Crippen molar-refractivity contribution in [2.24, 2.45) is 5.41 Å². The number of rotatable bonds is 8. The molecular weight excluding hydrogens is 396 g/mol. The first-order chi connectivity index (χ1) is 12.1. The van der Waals surface area contributed by atoms with Crippen LogP contribution in [-0.2, 0) is 21.4 Å². The summed E-state index contributed by atoms with van der Waals surface area (Å²) in [5, 5.41) is 3.27. The van der Waals surface area contributed by atoms with Crippen molar-refractivity contribution in [1.29, 1.82) is 0 Å². The van der Waals surface area contributed by atoms with Gasteiger partial charge in [-0.05, 0) is 36.4 Å². The summed E-state index contributed by atoms with van der Waals surface area (Å²) < 4.78 is 27.1. The first-order valence-corrected chi connectivity index (χ1v) is 10.4. The van der Waals surface area contributed by atoms with Crippen LogP contribution in [0.4, 0.5) is 0 Å². The summed E-state index contributed by atoms with van der Waals surface area (Å²) in [6.07, 6.45) is 0.710. The molecule has 0 saturated heterocycles. The molecule has 9 heteroatoms. The number of amides is 1. The number of sulfonamides is 1. The van der Waals surface area contributed by atoms with Gasteiger partial charge in [0.2, 0.25) is 10.0 Å². The van der Waals surface area contributed by atoms with E-state index in [0.29, 0.717) is 21.7 Å². The number of thiophene rings is 1. The Labute approximate surface area is 161 Å². The van der Waals surface area contributed by atoms with Crippen molar-refractivity contribution in [3.05, 3.63) is 51.9 Å². The van der Waals surface area contributed by atoms with Crippen LogP contribution in [0.5, 0.6) is 0 Å². The number of halogens is 1. The minimum absolute atomic E-state index is 0.0133. The lowest BCUT2D eigenvalue weighted by Gasteiger charge is -2.16. The lowest BCUT2D eigenvalue weighted by Crippen LogP contribution is -2.34. The summed E-state index contributed by atoms with van der Waals surface area (Å²) in [4.78, 5) is 23.7. The second kappa shape index (κ2) is 8.30. The average Bonchev–Trinajstić information content (AvgIpc) is 3.09. The Kier molecular flexibility index (Phi) is 6.57. The minimum atomic E-state index is -3.70. The number of aldehydes is 1. The van der Waals surface area contributed by atoms with Crippen LogP contribution in [0.15, 0.2) is 40.6 Å². The molecule has 2 aromatic rings. The van der Waals surface area contributed by atoms with Crippen LogP contribution >= 0.6 is 22.9 Å². The molecule has 0 atom stereocenters. The molecule has 0 aliphatic rings. The standard InChI is InChI=1S/C17H19ClN2O4S2/c1-17(2,11-21)10-20-26(23,24)15-8-7-14(25-15)9-19-16(22)12-3-5-13(18)6-4-12/h3-8,11,20H,9-10H2,1-2H3,(H,19,22). The minimum Gasteiger partial charge on any atom is -0.347 e. The van der Waals surface area contributed by atoms with E-state index in [2.05, 4.69) is 10.0 Å². The Bertz CT molecular complexity index is 890. The van der Waals surface area contributed by atoms with Crippen molar-refractivity contribution in [1.82, 2.24) is 10.0 Å². The van der Waals surface area contributed by atoms with Crippen molar-refractivity contribution in [2.45, 2.75) is 24.6 Å². The van der Waals surface area contributed by atoms with Crippen molar-refractivity contribution < 1.29 is 18.0 Å². The fourth-order valence-electron chi connectivity index (χ4n) is 1.86. The van der Waals surface area contributed by atoms with E-state index in [0.717, 1.165) is 11.3 Å². The van der Waals surface area contributed by atoms with Gasteiger partial charge in [-0.2, -0.15) is 0 Å². The highest BCUT2D eigenvalue weighted by Crippen LogP contribution is 2.22. The van der Waals surface area contributed by atoms with Crippen LogP contribution < -0.4 is 10.0 Å². The molecule has 6 nitrogen and oxygen atoms in total. The molecule has 0 spiro atoms. The van der Waals surface area contributed by atoms with Gasteiger partial charge in [-0.1, -0.05) is 25.4 Å². The summed E-state index contributed by atoms with van der Waals surface area (Å²) in [5.41, 5.74) is -0.309. The fraction of sp³-hybridized carbons (Fsp3) is 0.294. The van der Waals surface area contributed by atoms with Gasteiger partial charge in [-0.25, -0.2) is 13.1 Å². The van der Waals surface area contributed by atoms with Crippen LogP contribution in [-0.4, -0.2) is 27.2 Å². The van der Waals surface area contributed by atoms with E-state index in [4.69, 9.17) is 11.6 Å². The second-order valence-electron chi connectivity index (χ2n) is 6.34. The van der Waals surface area contributed by atoms with E-state index in [9.17, 15) is 18.0 Å². The maximum absolute atomic E-state index is 12.3. The largest absolute Gasteiger partial charge is 0.347 e. The van der Waals surface area contributed by atoms with Gasteiger partial charge in [0.1, 0.15) is 10.5 Å². The molecule has 140 valence electrons. The van der Waals surface area contributed by atoms with Gasteiger partial charge in [-0.3, -0.25) is 4.79 Å². The zero-order valence-electron chi connectivity index (χ0n) is 14.3. The Morgan fingerprint density at radius 3 is 2.46 bits per heavy atom. The monoisotopic (exact) mass is 414 g/mol. The fourth-order valence-corrected chi connectivity index (χ4v) is 4.55. The molecule has 0 unspecified atom stereocenters. The molecule has 0 aliphatic heterocycles. The van der Waals surface area contributed by atoms with Crippen molar-refractivity contribution in [3.63, 3.8) is 0 Å². The van der Waals surface area contributed by atoms with E-state index in [-0.39, 0.29) is 23.2 Å². The topological polar surface area (TPSA) is 92.3 Å². The first kappa shape index (κ1) is 20.6. The summed E-state index contributed by atoms with van der Waals surface area (Å²) in [5.74, 6) is -0.273. The van der Waals surface area contributed by atoms with E-state index < -0.39 is 15.4 Å². The normalized spacial score (nSPS) is 12.0. The molecule has 0 saturated carbocycles. The molecular formula is C17H19ClN2O4S2. The van der Waals surface area contributed by atoms with Gasteiger partial charge in [0.15, 0.2) is 0 Å². The summed E-state index contributed by atoms with van der Waals surface area (Å²) >= 11 is 6.85. The molecule has 0 radical (unpaired) electrons. The van der Waals surface area contributed by atoms with Crippen LogP contribution in [0.25, 0.3) is 0 Å². The maximum Gasteiger partial charge on any atom is 0.251 e. The smallest absolute Gasteiger partial charge is 0.251 e. The van der Waals surface area contributed by atoms with Crippen LogP contribution in [0.3, 0.4) is 0 Å². The van der Waals surface area contributed by atoms with Crippen LogP contribution in [0.2, 0.25) is 5.02 Å². The molecule has 2 N–H and O–H groups in total. The Morgan fingerprint density at radius 1 is 1.19 bits per heavy atom. The molecule has 1 aromatic carbocycles. The SMILES string of the molecule is CC(C)(C=O)CNS(=O)(=O)c1ccc(CNC(=O)c2ccc(Cl)cc2)s1. The Balaban J connectivity index is 1.97. The van der Waals surface area contributed by atoms with Gasteiger partial charge in [0.05, 0.1) is 6.54 Å². The third-order valence-electron chi connectivity index (χ3n) is 3.47. The Hall–Kier alpha value is -1.74. The van der Waals surface area contributed by atoms with Crippen molar-refractivity contribution >= 4 is 45.2 Å². The predicted octanol–water partition coefficient (Wildman–Crippen LogP) is 2.83. The number of hydrogen-bond acceptors (Lipinski definition) is 5.